The lowest BCUT2D eigenvalue weighted by molar-refractivity contribution is -0.121. The Morgan fingerprint density at radius 3 is 1.28 bits per heavy atom. The minimum atomic E-state index is -0.729. The number of carbonyl (C=O) groups excluding carboxylic acids is 3. The molecule has 23 heteroatoms. The van der Waals surface area contributed by atoms with Crippen LogP contribution in [0.2, 0.25) is 0 Å². The molecular formula is C79H73F3N8O12. The summed E-state index contributed by atoms with van der Waals surface area (Å²) in [7, 11) is 8.71. The Balaban J connectivity index is 0.000000165. The van der Waals surface area contributed by atoms with Gasteiger partial charge in [0, 0.05) is 41.6 Å². The quantitative estimate of drug-likeness (QED) is 0.0365. The van der Waals surface area contributed by atoms with Gasteiger partial charge in [-0.3, -0.25) is 24.4 Å². The van der Waals surface area contributed by atoms with E-state index in [0.29, 0.717) is 74.8 Å². The normalized spacial score (nSPS) is 13.7. The maximum Gasteiger partial charge on any atom is 0.231 e. The van der Waals surface area contributed by atoms with E-state index in [2.05, 4.69) is 40.9 Å². The van der Waals surface area contributed by atoms with Crippen LogP contribution in [-0.4, -0.2) is 101 Å². The molecule has 0 saturated heterocycles. The van der Waals surface area contributed by atoms with Crippen molar-refractivity contribution in [1.82, 2.24) is 40.9 Å². The number of ether oxygens (including phenoxy) is 6. The Labute approximate surface area is 586 Å². The average Bonchev–Trinajstić information content (AvgIpc) is 1.63. The van der Waals surface area contributed by atoms with Crippen LogP contribution < -0.4 is 44.4 Å². The average molecular weight is 1380 g/mol. The molecular weight excluding hydrogens is 1310 g/mol. The molecule has 0 spiro atoms. The van der Waals surface area contributed by atoms with Crippen molar-refractivity contribution in [2.75, 3.05) is 42.7 Å². The van der Waals surface area contributed by atoms with Gasteiger partial charge in [-0.2, -0.15) is 8.78 Å². The summed E-state index contributed by atoms with van der Waals surface area (Å²) in [5.74, 6) is -1.15. The highest BCUT2D eigenvalue weighted by atomic mass is 19.1. The number of phenolic OH excluding ortho intramolecular Hbond substituents is 3. The fourth-order valence-corrected chi connectivity index (χ4v) is 11.8. The van der Waals surface area contributed by atoms with Crippen LogP contribution >= 0.6 is 0 Å². The summed E-state index contributed by atoms with van der Waals surface area (Å²) < 4.78 is 73.6. The van der Waals surface area contributed by atoms with Crippen molar-refractivity contribution >= 4 is 69.4 Å². The van der Waals surface area contributed by atoms with Gasteiger partial charge in [0.25, 0.3) is 0 Å². The van der Waals surface area contributed by atoms with Gasteiger partial charge in [0.15, 0.2) is 34.5 Å². The Morgan fingerprint density at radius 2 is 0.814 bits per heavy atom. The van der Waals surface area contributed by atoms with Crippen LogP contribution in [0.5, 0.6) is 51.7 Å². The molecule has 20 nitrogen and oxygen atoms in total. The van der Waals surface area contributed by atoms with E-state index < -0.39 is 17.7 Å². The van der Waals surface area contributed by atoms with Gasteiger partial charge in [0.1, 0.15) is 5.82 Å². The van der Waals surface area contributed by atoms with E-state index in [1.54, 1.807) is 54.7 Å². The molecule has 4 aromatic heterocycles. The molecule has 0 unspecified atom stereocenters. The number of nitrogens with one attached hydrogen (secondary N) is 3. The first kappa shape index (κ1) is 72.2. The van der Waals surface area contributed by atoms with E-state index >= 15 is 0 Å². The second kappa shape index (κ2) is 32.9. The summed E-state index contributed by atoms with van der Waals surface area (Å²) in [5.41, 5.74) is 14.6. The minimum absolute atomic E-state index is 0.00333. The summed E-state index contributed by atoms with van der Waals surface area (Å²) in [4.78, 5) is 59.0. The molecule has 5 aromatic carbocycles. The molecule has 0 atom stereocenters. The van der Waals surface area contributed by atoms with Crippen LogP contribution in [0.3, 0.4) is 0 Å². The summed E-state index contributed by atoms with van der Waals surface area (Å²) >= 11 is 0. The molecule has 0 bridgehead atoms. The van der Waals surface area contributed by atoms with Crippen LogP contribution in [-0.2, 0) is 34.0 Å². The summed E-state index contributed by atoms with van der Waals surface area (Å²) in [6.45, 7) is 6.72. The second-order valence-electron chi connectivity index (χ2n) is 23.4. The predicted octanol–water partition coefficient (Wildman–Crippen LogP) is 13.7. The maximum absolute atomic E-state index is 14.1. The lowest BCUT2D eigenvalue weighted by Gasteiger charge is -2.10. The van der Waals surface area contributed by atoms with Gasteiger partial charge in [-0.05, 0) is 173 Å². The van der Waals surface area contributed by atoms with Gasteiger partial charge in [-0.25, -0.2) is 19.3 Å². The summed E-state index contributed by atoms with van der Waals surface area (Å²) in [5, 5.41) is 39.3. The topological polar surface area (TPSA) is 268 Å². The Bertz CT molecular complexity index is 4310. The molecule has 3 aliphatic carbocycles. The lowest BCUT2D eigenvalue weighted by atomic mass is 10.0. The molecule has 3 amide bonds. The predicted molar refractivity (Wildman–Crippen MR) is 382 cm³/mol. The van der Waals surface area contributed by atoms with Gasteiger partial charge in [-0.1, -0.05) is 66.7 Å². The van der Waals surface area contributed by atoms with Crippen LogP contribution in [0.1, 0.15) is 107 Å². The summed E-state index contributed by atoms with van der Waals surface area (Å²) in [6, 6.07) is 39.1. The number of phenols is 3. The number of hydrogen-bond donors (Lipinski definition) is 6. The highest BCUT2D eigenvalue weighted by Gasteiger charge is 2.32. The zero-order chi connectivity index (χ0) is 72.7. The number of halogens is 3. The molecule has 0 fully saturated rings. The van der Waals surface area contributed by atoms with Crippen molar-refractivity contribution in [3.8, 4) is 51.7 Å². The summed E-state index contributed by atoms with van der Waals surface area (Å²) in [6.07, 6.45) is 9.58. The number of carbonyl (C=O) groups is 3. The standard InChI is InChI=1S/2C27H25FN2O4.C25H23FN4O4/c1-16-20(13-25(31)29-14-17-7-5-4-6-8-17)22-12-19(28)15-30-26(22)21(16)9-18-10-23(33-2)27(32)24(11-18)34-3;1-16-20(11-18-12-22(33-2)27(32)23(13-18)34-3)19-9-10-24(28)30-26(19)21(16)14-25(31)29-15-17-7-5-4-6-8-17;1-14-17(8-15-9-19(33-2)25(32)20(10-15)34-3)23-24(30-21(26)13-29-23)18(14)11-22(31)28-12-16-6-4-5-7-27-16/h4-12,15,32H,13-14H2,1-3H3,(H,29,31);4-13,32H,14-15H2,1-3H3,(H,29,31);4-10,13,32H,11-12H2,1-3H3,(H,28,31)/b21-9-;20-11-;17-8-. The van der Waals surface area contributed by atoms with Crippen LogP contribution in [0.15, 0.2) is 169 Å². The van der Waals surface area contributed by atoms with Gasteiger partial charge in [0.2, 0.25) is 46.9 Å². The molecule has 0 aliphatic heterocycles. The van der Waals surface area contributed by atoms with E-state index in [9.17, 15) is 42.9 Å². The van der Waals surface area contributed by atoms with Crippen molar-refractivity contribution in [2.45, 2.75) is 59.7 Å². The number of rotatable bonds is 21. The van der Waals surface area contributed by atoms with E-state index in [-0.39, 0.29) is 95.3 Å². The number of hydrogen-bond acceptors (Lipinski definition) is 17. The number of benzene rings is 5. The number of allylic oxidation sites excluding steroid dienone is 6. The first-order chi connectivity index (χ1) is 49.2. The van der Waals surface area contributed by atoms with Gasteiger partial charge >= 0.3 is 0 Å². The smallest absolute Gasteiger partial charge is 0.231 e. The van der Waals surface area contributed by atoms with Gasteiger partial charge < -0.3 is 59.7 Å². The van der Waals surface area contributed by atoms with Gasteiger partial charge in [-0.15, -0.1) is 0 Å². The van der Waals surface area contributed by atoms with Crippen LogP contribution in [0.4, 0.5) is 13.2 Å². The van der Waals surface area contributed by atoms with E-state index in [1.165, 1.54) is 54.8 Å². The zero-order valence-corrected chi connectivity index (χ0v) is 57.3. The Morgan fingerprint density at radius 1 is 0.412 bits per heavy atom. The molecule has 9 aromatic rings. The van der Waals surface area contributed by atoms with E-state index in [1.807, 2.05) is 112 Å². The number of pyridine rings is 3. The van der Waals surface area contributed by atoms with Crippen molar-refractivity contribution < 1.29 is 71.3 Å². The van der Waals surface area contributed by atoms with Crippen LogP contribution in [0.25, 0.3) is 51.7 Å². The minimum Gasteiger partial charge on any atom is -0.502 e. The highest BCUT2D eigenvalue weighted by molar-refractivity contribution is 6.09. The second-order valence-corrected chi connectivity index (χ2v) is 23.4. The first-order valence-corrected chi connectivity index (χ1v) is 32.0. The van der Waals surface area contributed by atoms with Crippen molar-refractivity contribution in [3.05, 3.63) is 254 Å². The van der Waals surface area contributed by atoms with E-state index in [4.69, 9.17) is 28.4 Å². The van der Waals surface area contributed by atoms with Crippen molar-refractivity contribution in [3.63, 3.8) is 0 Å². The van der Waals surface area contributed by atoms with Crippen molar-refractivity contribution in [2.24, 2.45) is 0 Å². The molecule has 102 heavy (non-hydrogen) atoms. The largest absolute Gasteiger partial charge is 0.502 e. The third-order valence-electron chi connectivity index (χ3n) is 17.0. The molecule has 0 radical (unpaired) electrons. The molecule has 6 N–H and O–H groups in total. The SMILES string of the molecule is COc1cc(/C=C2/C(C)=C(CC(=O)NCc3ccccc3)c3cc(F)cnc32)cc(OC)c1O.COc1cc(/C=C2/C(C)=C(CC(=O)NCc3ccccc3)c3nc(F)ccc32)cc(OC)c1O.COc1cc(/C=C2/C(C)=C(CC(=O)NCc3ccccn3)c3nc(F)cnc32)cc(OC)c1O. The van der Waals surface area contributed by atoms with Crippen LogP contribution in [0, 0.1) is 17.7 Å². The zero-order valence-electron chi connectivity index (χ0n) is 57.3. The highest BCUT2D eigenvalue weighted by Crippen LogP contribution is 2.48. The third-order valence-corrected chi connectivity index (χ3v) is 17.0. The number of aromatic nitrogens is 5. The monoisotopic (exact) mass is 1380 g/mol. The number of methoxy groups -OCH3 is 6. The Hall–Kier alpha value is -12.5. The number of nitrogens with zero attached hydrogens (tertiary/aromatic N) is 5. The number of aromatic hydroxyl groups is 3. The first-order valence-electron chi connectivity index (χ1n) is 32.0. The molecule has 12 rings (SSSR count). The van der Waals surface area contributed by atoms with Gasteiger partial charge in [0.05, 0.1) is 109 Å². The Kier molecular flexibility index (Phi) is 23.3. The lowest BCUT2D eigenvalue weighted by Crippen LogP contribution is -2.23. The maximum atomic E-state index is 14.1. The third kappa shape index (κ3) is 16.8. The molecule has 3 aliphatic rings. The molecule has 0 saturated carbocycles. The number of amides is 3. The van der Waals surface area contributed by atoms with E-state index in [0.717, 1.165) is 68.2 Å². The fraction of sp³-hybridized carbons (Fsp3) is 0.190. The molecule has 4 heterocycles. The molecule has 522 valence electrons. The fourth-order valence-electron chi connectivity index (χ4n) is 11.8. The number of fused-ring (bicyclic) bond motifs is 3. The van der Waals surface area contributed by atoms with Crippen molar-refractivity contribution in [1.29, 1.82) is 0 Å².